The molecule has 0 bridgehead atoms. The minimum atomic E-state index is -3.87. The van der Waals surface area contributed by atoms with E-state index in [4.69, 9.17) is 9.15 Å². The van der Waals surface area contributed by atoms with E-state index in [0.717, 1.165) is 5.56 Å². The van der Waals surface area contributed by atoms with Crippen molar-refractivity contribution in [1.29, 1.82) is 0 Å². The lowest BCUT2D eigenvalue weighted by Crippen LogP contribution is -2.30. The van der Waals surface area contributed by atoms with Gasteiger partial charge in [-0.1, -0.05) is 43.3 Å². The number of fused-ring (bicyclic) bond motifs is 1. The smallest absolute Gasteiger partial charge is 0.244 e. The zero-order valence-electron chi connectivity index (χ0n) is 17.5. The first-order valence-electron chi connectivity index (χ1n) is 10.1. The molecular formula is C24H24N2O4S. The van der Waals surface area contributed by atoms with Gasteiger partial charge < -0.3 is 9.15 Å². The third-order valence-electron chi connectivity index (χ3n) is 5.11. The van der Waals surface area contributed by atoms with Gasteiger partial charge in [-0.3, -0.25) is 4.98 Å². The SMILES string of the molecule is CCc1cc2c(S(=O)(=O)N(Cc3ccccc3)Cc3ccccn3)ccc(OC)c2o1. The van der Waals surface area contributed by atoms with E-state index >= 15 is 0 Å². The Morgan fingerprint density at radius 3 is 2.45 bits per heavy atom. The van der Waals surface area contributed by atoms with E-state index in [1.54, 1.807) is 31.5 Å². The Morgan fingerprint density at radius 2 is 1.77 bits per heavy atom. The zero-order valence-corrected chi connectivity index (χ0v) is 18.3. The quantitative estimate of drug-likeness (QED) is 0.397. The highest BCUT2D eigenvalue weighted by molar-refractivity contribution is 7.89. The fraction of sp³-hybridized carbons (Fsp3) is 0.208. The maximum Gasteiger partial charge on any atom is 0.244 e. The summed E-state index contributed by atoms with van der Waals surface area (Å²) in [5.41, 5.74) is 2.01. The summed E-state index contributed by atoms with van der Waals surface area (Å²) in [7, 11) is -2.32. The van der Waals surface area contributed by atoms with Crippen LogP contribution in [0.1, 0.15) is 23.9 Å². The molecule has 0 radical (unpaired) electrons. The van der Waals surface area contributed by atoms with Crippen molar-refractivity contribution < 1.29 is 17.6 Å². The van der Waals surface area contributed by atoms with E-state index in [0.29, 0.717) is 34.6 Å². The Bertz CT molecular complexity index is 1230. The number of rotatable bonds is 8. The van der Waals surface area contributed by atoms with Gasteiger partial charge in [0.15, 0.2) is 11.3 Å². The third kappa shape index (κ3) is 4.33. The van der Waals surface area contributed by atoms with E-state index < -0.39 is 10.0 Å². The van der Waals surface area contributed by atoms with Gasteiger partial charge in [-0.25, -0.2) is 8.42 Å². The Hall–Kier alpha value is -3.16. The van der Waals surface area contributed by atoms with Crippen molar-refractivity contribution >= 4 is 21.0 Å². The van der Waals surface area contributed by atoms with Gasteiger partial charge >= 0.3 is 0 Å². The molecule has 2 aromatic heterocycles. The standard InChI is InChI=1S/C24H24N2O4S/c1-3-20-15-21-23(13-12-22(29-2)24(21)30-20)31(27,28)26(16-18-9-5-4-6-10-18)17-19-11-7-8-14-25-19/h4-15H,3,16-17H2,1-2H3. The molecule has 6 nitrogen and oxygen atoms in total. The molecular weight excluding hydrogens is 412 g/mol. The van der Waals surface area contributed by atoms with E-state index in [9.17, 15) is 8.42 Å². The van der Waals surface area contributed by atoms with Gasteiger partial charge in [0.25, 0.3) is 0 Å². The average molecular weight is 437 g/mol. The largest absolute Gasteiger partial charge is 0.493 e. The minimum Gasteiger partial charge on any atom is -0.493 e. The number of nitrogens with zero attached hydrogens (tertiary/aromatic N) is 2. The van der Waals surface area contributed by atoms with Crippen LogP contribution in [-0.2, 0) is 29.5 Å². The van der Waals surface area contributed by atoms with Gasteiger partial charge in [0.2, 0.25) is 10.0 Å². The van der Waals surface area contributed by atoms with Crippen LogP contribution >= 0.6 is 0 Å². The summed E-state index contributed by atoms with van der Waals surface area (Å²) in [5, 5.41) is 0.523. The number of hydrogen-bond donors (Lipinski definition) is 0. The van der Waals surface area contributed by atoms with Crippen molar-refractivity contribution in [2.45, 2.75) is 31.3 Å². The van der Waals surface area contributed by atoms with Crippen LogP contribution in [0.3, 0.4) is 0 Å². The molecule has 0 saturated heterocycles. The lowest BCUT2D eigenvalue weighted by Gasteiger charge is -2.22. The molecule has 0 N–H and O–H groups in total. The number of ether oxygens (including phenoxy) is 1. The number of pyridine rings is 1. The molecule has 0 fully saturated rings. The molecule has 0 spiro atoms. The number of aryl methyl sites for hydroxylation is 1. The molecule has 0 saturated carbocycles. The average Bonchev–Trinajstić information content (AvgIpc) is 3.24. The molecule has 160 valence electrons. The molecule has 0 atom stereocenters. The lowest BCUT2D eigenvalue weighted by molar-refractivity contribution is 0.396. The molecule has 4 rings (SSSR count). The lowest BCUT2D eigenvalue weighted by atomic mass is 10.2. The van der Waals surface area contributed by atoms with E-state index in [2.05, 4.69) is 4.98 Å². The Labute approximate surface area is 182 Å². The highest BCUT2D eigenvalue weighted by Gasteiger charge is 2.29. The van der Waals surface area contributed by atoms with Crippen LogP contribution in [0, 0.1) is 0 Å². The van der Waals surface area contributed by atoms with Crippen molar-refractivity contribution in [2.24, 2.45) is 0 Å². The fourth-order valence-electron chi connectivity index (χ4n) is 3.51. The van der Waals surface area contributed by atoms with Gasteiger partial charge in [-0.05, 0) is 35.9 Å². The van der Waals surface area contributed by atoms with Crippen LogP contribution in [0.2, 0.25) is 0 Å². The van der Waals surface area contributed by atoms with Crippen molar-refractivity contribution in [3.05, 3.63) is 89.9 Å². The monoisotopic (exact) mass is 436 g/mol. The van der Waals surface area contributed by atoms with Crippen molar-refractivity contribution in [1.82, 2.24) is 9.29 Å². The predicted octanol–water partition coefficient (Wildman–Crippen LogP) is 4.79. The van der Waals surface area contributed by atoms with Crippen LogP contribution in [0.4, 0.5) is 0 Å². The number of methoxy groups -OCH3 is 1. The minimum absolute atomic E-state index is 0.157. The van der Waals surface area contributed by atoms with E-state index in [-0.39, 0.29) is 18.0 Å². The third-order valence-corrected chi connectivity index (χ3v) is 6.96. The van der Waals surface area contributed by atoms with Crippen LogP contribution in [0.5, 0.6) is 5.75 Å². The summed E-state index contributed by atoms with van der Waals surface area (Å²) < 4.78 is 40.4. The first-order chi connectivity index (χ1) is 15.0. The molecule has 0 unspecified atom stereocenters. The van der Waals surface area contributed by atoms with Gasteiger partial charge in [0, 0.05) is 24.5 Å². The molecule has 2 aromatic carbocycles. The predicted molar refractivity (Wildman–Crippen MR) is 119 cm³/mol. The molecule has 2 heterocycles. The summed E-state index contributed by atoms with van der Waals surface area (Å²) in [6.45, 7) is 2.34. The van der Waals surface area contributed by atoms with E-state index in [1.165, 1.54) is 4.31 Å². The molecule has 0 aliphatic heterocycles. The van der Waals surface area contributed by atoms with Crippen molar-refractivity contribution in [3.63, 3.8) is 0 Å². The fourth-order valence-corrected chi connectivity index (χ4v) is 5.08. The van der Waals surface area contributed by atoms with Crippen LogP contribution in [-0.4, -0.2) is 24.8 Å². The topological polar surface area (TPSA) is 72.6 Å². The number of aromatic nitrogens is 1. The maximum absolute atomic E-state index is 13.9. The Kier molecular flexibility index (Phi) is 6.06. The highest BCUT2D eigenvalue weighted by Crippen LogP contribution is 2.35. The van der Waals surface area contributed by atoms with Gasteiger partial charge in [-0.2, -0.15) is 4.31 Å². The Morgan fingerprint density at radius 1 is 1.00 bits per heavy atom. The second kappa shape index (κ2) is 8.91. The summed E-state index contributed by atoms with van der Waals surface area (Å²) >= 11 is 0. The zero-order chi connectivity index (χ0) is 21.8. The summed E-state index contributed by atoms with van der Waals surface area (Å²) in [4.78, 5) is 4.52. The Balaban J connectivity index is 1.82. The van der Waals surface area contributed by atoms with Crippen LogP contribution in [0.15, 0.2) is 82.2 Å². The normalized spacial score (nSPS) is 11.8. The van der Waals surface area contributed by atoms with Crippen molar-refractivity contribution in [2.75, 3.05) is 7.11 Å². The van der Waals surface area contributed by atoms with E-state index in [1.807, 2.05) is 55.5 Å². The summed E-state index contributed by atoms with van der Waals surface area (Å²) in [6.07, 6.45) is 2.32. The number of hydrogen-bond acceptors (Lipinski definition) is 5. The van der Waals surface area contributed by atoms with Gasteiger partial charge in [-0.15, -0.1) is 0 Å². The molecule has 4 aromatic rings. The second-order valence-electron chi connectivity index (χ2n) is 7.15. The molecule has 0 aliphatic carbocycles. The molecule has 7 heteroatoms. The molecule has 31 heavy (non-hydrogen) atoms. The first kappa shape index (κ1) is 21.1. The second-order valence-corrected chi connectivity index (χ2v) is 9.06. The maximum atomic E-state index is 13.9. The molecule has 0 amide bonds. The number of benzene rings is 2. The summed E-state index contributed by atoms with van der Waals surface area (Å²) in [6, 6.07) is 20.0. The van der Waals surface area contributed by atoms with Crippen molar-refractivity contribution in [3.8, 4) is 5.75 Å². The highest BCUT2D eigenvalue weighted by atomic mass is 32.2. The number of furan rings is 1. The van der Waals surface area contributed by atoms with Gasteiger partial charge in [0.1, 0.15) is 5.76 Å². The molecule has 0 aliphatic rings. The number of sulfonamides is 1. The first-order valence-corrected chi connectivity index (χ1v) is 11.5. The van der Waals surface area contributed by atoms with Crippen LogP contribution in [0.25, 0.3) is 11.0 Å². The van der Waals surface area contributed by atoms with Gasteiger partial charge in [0.05, 0.1) is 24.2 Å². The summed E-state index contributed by atoms with van der Waals surface area (Å²) in [5.74, 6) is 1.21. The van der Waals surface area contributed by atoms with Crippen LogP contribution < -0.4 is 4.74 Å².